The van der Waals surface area contributed by atoms with Gasteiger partial charge in [-0.05, 0) is 31.9 Å². The number of hydrogen-bond donors (Lipinski definition) is 1. The minimum absolute atomic E-state index is 0.340. The average Bonchev–Trinajstić information content (AvgIpc) is 3.43. The Bertz CT molecular complexity index is 1510. The van der Waals surface area contributed by atoms with Gasteiger partial charge in [0.25, 0.3) is 0 Å². The Balaban J connectivity index is 1.42. The first-order chi connectivity index (χ1) is 18.3. The Morgan fingerprint density at radius 1 is 1.08 bits per heavy atom. The first kappa shape index (κ1) is 24.7. The fraction of sp³-hybridized carbons (Fsp3) is 0.519. The van der Waals surface area contributed by atoms with Crippen molar-refractivity contribution in [1.82, 2.24) is 34.0 Å². The summed E-state index contributed by atoms with van der Waals surface area (Å²) in [7, 11) is 2.01. The molecule has 0 amide bonds. The second-order valence-corrected chi connectivity index (χ2v) is 10.8. The van der Waals surface area contributed by atoms with Crippen molar-refractivity contribution in [2.24, 2.45) is 13.0 Å². The van der Waals surface area contributed by atoms with Crippen LogP contribution < -0.4 is 4.90 Å². The molecule has 0 radical (unpaired) electrons. The molecule has 11 nitrogen and oxygen atoms in total. The van der Waals surface area contributed by atoms with Crippen molar-refractivity contribution in [1.29, 1.82) is 0 Å². The molecule has 1 N–H and O–H groups in total. The van der Waals surface area contributed by atoms with Gasteiger partial charge in [0.2, 0.25) is 5.95 Å². The molecular formula is C27H34N8O3. The number of carboxylic acid groups (broad SMARTS) is 1. The van der Waals surface area contributed by atoms with Crippen LogP contribution in [0.15, 0.2) is 24.3 Å². The quantitative estimate of drug-likeness (QED) is 0.394. The van der Waals surface area contributed by atoms with E-state index in [0.29, 0.717) is 25.1 Å². The molecule has 3 aromatic heterocycles. The summed E-state index contributed by atoms with van der Waals surface area (Å²) in [5, 5.41) is 9.56. The second-order valence-electron chi connectivity index (χ2n) is 10.8. The lowest BCUT2D eigenvalue weighted by Gasteiger charge is -2.46. The van der Waals surface area contributed by atoms with Crippen LogP contribution in [0.1, 0.15) is 32.4 Å². The van der Waals surface area contributed by atoms with Crippen LogP contribution in [0.25, 0.3) is 28.1 Å². The van der Waals surface area contributed by atoms with Crippen LogP contribution in [0.4, 0.5) is 5.82 Å². The molecule has 0 saturated carbocycles. The molecule has 0 atom stereocenters. The van der Waals surface area contributed by atoms with Crippen LogP contribution in [0.5, 0.6) is 0 Å². The fourth-order valence-electron chi connectivity index (χ4n) is 5.44. The third-order valence-electron chi connectivity index (χ3n) is 7.98. The van der Waals surface area contributed by atoms with E-state index in [4.69, 9.17) is 24.7 Å². The van der Waals surface area contributed by atoms with E-state index in [1.165, 1.54) is 0 Å². The number of hydrogen-bond acceptors (Lipinski definition) is 8. The Labute approximate surface area is 221 Å². The summed E-state index contributed by atoms with van der Waals surface area (Å²) in [4.78, 5) is 35.9. The molecule has 11 heteroatoms. The molecule has 4 aromatic rings. The summed E-state index contributed by atoms with van der Waals surface area (Å²) in [6.45, 7) is 9.85. The van der Waals surface area contributed by atoms with Gasteiger partial charge < -0.3 is 19.3 Å². The number of aryl methyl sites for hydroxylation is 2. The molecule has 2 aliphatic rings. The van der Waals surface area contributed by atoms with Gasteiger partial charge in [0, 0.05) is 46.1 Å². The molecule has 0 aliphatic carbocycles. The third kappa shape index (κ3) is 4.01. The van der Waals surface area contributed by atoms with E-state index in [1.807, 2.05) is 30.1 Å². The highest BCUT2D eigenvalue weighted by atomic mass is 16.5. The Kier molecular flexibility index (Phi) is 6.07. The predicted molar refractivity (Wildman–Crippen MR) is 144 cm³/mol. The van der Waals surface area contributed by atoms with Crippen molar-refractivity contribution >= 4 is 34.0 Å². The van der Waals surface area contributed by atoms with Gasteiger partial charge in [-0.25, -0.2) is 9.97 Å². The number of benzene rings is 1. The smallest absolute Gasteiger partial charge is 0.323 e. The van der Waals surface area contributed by atoms with E-state index in [2.05, 4.69) is 27.0 Å². The van der Waals surface area contributed by atoms with Gasteiger partial charge in [0.05, 0.1) is 24.2 Å². The number of ether oxygens (including phenoxy) is 1. The van der Waals surface area contributed by atoms with Crippen LogP contribution in [0.2, 0.25) is 0 Å². The van der Waals surface area contributed by atoms with Crippen molar-refractivity contribution in [2.75, 3.05) is 44.3 Å². The maximum atomic E-state index is 11.6. The van der Waals surface area contributed by atoms with Crippen molar-refractivity contribution in [3.8, 4) is 5.95 Å². The summed E-state index contributed by atoms with van der Waals surface area (Å²) >= 11 is 0. The summed E-state index contributed by atoms with van der Waals surface area (Å²) in [6, 6.07) is 8.08. The van der Waals surface area contributed by atoms with E-state index in [9.17, 15) is 9.90 Å². The highest BCUT2D eigenvalue weighted by molar-refractivity contribution is 5.86. The fourth-order valence-corrected chi connectivity index (χ4v) is 5.44. The molecule has 6 rings (SSSR count). The number of rotatable bonds is 7. The number of fused-ring (bicyclic) bond motifs is 2. The number of carbonyl (C=O) groups is 1. The summed E-state index contributed by atoms with van der Waals surface area (Å²) in [5.41, 5.74) is 2.61. The predicted octanol–water partition coefficient (Wildman–Crippen LogP) is 2.44. The second kappa shape index (κ2) is 9.32. The van der Waals surface area contributed by atoms with Crippen LogP contribution in [-0.2, 0) is 29.4 Å². The zero-order valence-corrected chi connectivity index (χ0v) is 22.4. The van der Waals surface area contributed by atoms with Crippen LogP contribution >= 0.6 is 0 Å². The van der Waals surface area contributed by atoms with Gasteiger partial charge >= 0.3 is 5.97 Å². The number of para-hydroxylation sites is 2. The van der Waals surface area contributed by atoms with Crippen molar-refractivity contribution in [2.45, 2.75) is 39.2 Å². The van der Waals surface area contributed by atoms with Crippen LogP contribution in [-0.4, -0.2) is 90.0 Å². The lowest BCUT2D eigenvalue weighted by molar-refractivity contribution is -0.154. The molecule has 2 fully saturated rings. The monoisotopic (exact) mass is 518 g/mol. The molecule has 1 aromatic carbocycles. The number of anilines is 1. The van der Waals surface area contributed by atoms with Gasteiger partial charge in [-0.2, -0.15) is 9.97 Å². The number of morpholine rings is 1. The molecule has 0 spiro atoms. The van der Waals surface area contributed by atoms with E-state index in [0.717, 1.165) is 78.7 Å². The number of imidazole rings is 2. The lowest BCUT2D eigenvalue weighted by atomic mass is 9.89. The Morgan fingerprint density at radius 3 is 2.53 bits per heavy atom. The number of nitrogens with zero attached hydrogens (tertiary/aromatic N) is 8. The molecule has 200 valence electrons. The molecule has 2 saturated heterocycles. The zero-order valence-electron chi connectivity index (χ0n) is 22.4. The topological polar surface area (TPSA) is 114 Å². The normalized spacial score (nSPS) is 17.4. The highest BCUT2D eigenvalue weighted by Gasteiger charge is 2.42. The average molecular weight is 519 g/mol. The molecule has 0 unspecified atom stereocenters. The maximum absolute atomic E-state index is 11.6. The van der Waals surface area contributed by atoms with Gasteiger partial charge in [0.15, 0.2) is 17.0 Å². The van der Waals surface area contributed by atoms with Crippen LogP contribution in [0, 0.1) is 5.92 Å². The molecule has 0 bridgehead atoms. The molecular weight excluding hydrogens is 484 g/mol. The van der Waals surface area contributed by atoms with E-state index in [-0.39, 0.29) is 0 Å². The van der Waals surface area contributed by atoms with Gasteiger partial charge in [-0.3, -0.25) is 14.3 Å². The minimum Gasteiger partial charge on any atom is -0.480 e. The first-order valence-corrected chi connectivity index (χ1v) is 13.3. The first-order valence-electron chi connectivity index (χ1n) is 13.3. The summed E-state index contributed by atoms with van der Waals surface area (Å²) < 4.78 is 9.74. The van der Waals surface area contributed by atoms with Crippen molar-refractivity contribution < 1.29 is 14.6 Å². The molecule has 38 heavy (non-hydrogen) atoms. The van der Waals surface area contributed by atoms with E-state index >= 15 is 0 Å². The van der Waals surface area contributed by atoms with Crippen molar-refractivity contribution in [3.05, 3.63) is 35.9 Å². The number of aliphatic carboxylic acids is 1. The van der Waals surface area contributed by atoms with Crippen LogP contribution in [0.3, 0.4) is 0 Å². The van der Waals surface area contributed by atoms with E-state index < -0.39 is 11.5 Å². The number of aromatic nitrogens is 6. The number of likely N-dealkylation sites (tertiary alicyclic amines) is 1. The standard InChI is InChI=1S/C27H34N8O3/c1-5-20-28-18-8-6-7-9-19(18)35(20)26-30-23-22(24(31-26)33-10-12-38-13-11-33)29-21(32(23)4)14-17-15-34(16-17)27(2,3)25(36)37/h6-9,17H,5,10-16H2,1-4H3,(H,36,37). The van der Waals surface area contributed by atoms with Gasteiger partial charge in [0.1, 0.15) is 17.2 Å². The largest absolute Gasteiger partial charge is 0.480 e. The minimum atomic E-state index is -0.864. The highest BCUT2D eigenvalue weighted by Crippen LogP contribution is 2.32. The van der Waals surface area contributed by atoms with E-state index in [1.54, 1.807) is 13.8 Å². The SMILES string of the molecule is CCc1nc2ccccc2n1-c1nc(N2CCOCC2)c2nc(CC3CN(C(C)(C)C(=O)O)C3)n(C)c2n1. The number of carboxylic acids is 1. The third-order valence-corrected chi connectivity index (χ3v) is 7.98. The lowest BCUT2D eigenvalue weighted by Crippen LogP contribution is -2.61. The van der Waals surface area contributed by atoms with Gasteiger partial charge in [-0.15, -0.1) is 0 Å². The summed E-state index contributed by atoms with van der Waals surface area (Å²) in [5.74, 6) is 2.80. The Morgan fingerprint density at radius 2 is 1.82 bits per heavy atom. The maximum Gasteiger partial charge on any atom is 0.323 e. The van der Waals surface area contributed by atoms with Crippen molar-refractivity contribution in [3.63, 3.8) is 0 Å². The molecule has 5 heterocycles. The summed E-state index contributed by atoms with van der Waals surface area (Å²) in [6.07, 6.45) is 1.51. The molecule has 2 aliphatic heterocycles. The van der Waals surface area contributed by atoms with Gasteiger partial charge in [-0.1, -0.05) is 19.1 Å². The Hall–Kier alpha value is -3.57. The zero-order chi connectivity index (χ0) is 26.6.